The maximum absolute atomic E-state index is 14.1. The molecule has 0 radical (unpaired) electrons. The number of amides is 2. The van der Waals surface area contributed by atoms with Gasteiger partial charge in [0, 0.05) is 16.5 Å². The van der Waals surface area contributed by atoms with Crippen LogP contribution in [-0.2, 0) is 6.54 Å². The lowest BCUT2D eigenvalue weighted by atomic mass is 9.96. The Morgan fingerprint density at radius 3 is 2.43 bits per heavy atom. The highest BCUT2D eigenvalue weighted by Crippen LogP contribution is 2.32. The Bertz CT molecular complexity index is 1310. The first-order valence-electron chi connectivity index (χ1n) is 9.04. The van der Waals surface area contributed by atoms with Crippen LogP contribution in [-0.4, -0.2) is 31.8 Å². The normalized spacial score (nSPS) is 11.0. The third kappa shape index (κ3) is 3.16. The molecule has 2 heterocycles. The molecule has 0 aliphatic heterocycles. The van der Waals surface area contributed by atoms with Crippen molar-refractivity contribution in [2.75, 3.05) is 0 Å². The molecule has 0 atom stereocenters. The summed E-state index contributed by atoms with van der Waals surface area (Å²) < 4.78 is 15.5. The molecule has 0 spiro atoms. The van der Waals surface area contributed by atoms with Crippen molar-refractivity contribution in [2.45, 2.75) is 13.5 Å². The molecule has 2 amide bonds. The number of rotatable bonds is 5. The van der Waals surface area contributed by atoms with E-state index in [9.17, 15) is 14.0 Å². The van der Waals surface area contributed by atoms with Gasteiger partial charge in [-0.05, 0) is 19.1 Å². The van der Waals surface area contributed by atoms with E-state index in [1.165, 1.54) is 10.7 Å². The summed E-state index contributed by atoms with van der Waals surface area (Å²) in [5.74, 6) is -1.97. The van der Waals surface area contributed by atoms with Crippen LogP contribution in [0.3, 0.4) is 0 Å². The summed E-state index contributed by atoms with van der Waals surface area (Å²) in [6.07, 6.45) is 0. The zero-order chi connectivity index (χ0) is 21.4. The fraction of sp³-hybridized carbons (Fsp3) is 0.0952. The van der Waals surface area contributed by atoms with E-state index in [0.29, 0.717) is 22.2 Å². The van der Waals surface area contributed by atoms with Crippen LogP contribution in [0, 0.1) is 12.7 Å². The molecule has 0 aliphatic rings. The smallest absolute Gasteiger partial charge is 0.268 e. The van der Waals surface area contributed by atoms with E-state index < -0.39 is 11.8 Å². The first-order valence-corrected chi connectivity index (χ1v) is 9.04. The Kier molecular flexibility index (Phi) is 4.71. The summed E-state index contributed by atoms with van der Waals surface area (Å²) in [7, 11) is 0. The minimum Gasteiger partial charge on any atom is -0.366 e. The van der Waals surface area contributed by atoms with Gasteiger partial charge in [0.25, 0.3) is 5.91 Å². The third-order valence-electron chi connectivity index (χ3n) is 4.87. The van der Waals surface area contributed by atoms with Gasteiger partial charge in [-0.3, -0.25) is 9.59 Å². The number of nitrogens with two attached hydrogens (primary N) is 2. The first-order chi connectivity index (χ1) is 14.4. The fourth-order valence-electron chi connectivity index (χ4n) is 3.41. The number of nitrogens with zero attached hydrogens (tertiary/aromatic N) is 4. The Morgan fingerprint density at radius 1 is 1.03 bits per heavy atom. The van der Waals surface area contributed by atoms with Gasteiger partial charge >= 0.3 is 0 Å². The number of carbonyl (C=O) groups excluding carboxylic acids is 2. The van der Waals surface area contributed by atoms with E-state index in [-0.39, 0.29) is 34.9 Å². The van der Waals surface area contributed by atoms with Crippen LogP contribution in [0.25, 0.3) is 22.2 Å². The molecule has 0 saturated carbocycles. The van der Waals surface area contributed by atoms with Crippen molar-refractivity contribution >= 4 is 22.7 Å². The van der Waals surface area contributed by atoms with Crippen molar-refractivity contribution in [1.82, 2.24) is 20.0 Å². The molecule has 9 heteroatoms. The van der Waals surface area contributed by atoms with Gasteiger partial charge in [-0.25, -0.2) is 14.1 Å². The quantitative estimate of drug-likeness (QED) is 0.527. The van der Waals surface area contributed by atoms with Crippen molar-refractivity contribution in [1.29, 1.82) is 0 Å². The highest BCUT2D eigenvalue weighted by Gasteiger charge is 2.27. The third-order valence-corrected chi connectivity index (χ3v) is 4.87. The monoisotopic (exact) mass is 404 g/mol. The Balaban J connectivity index is 1.96. The van der Waals surface area contributed by atoms with E-state index >= 15 is 0 Å². The van der Waals surface area contributed by atoms with Gasteiger partial charge in [-0.2, -0.15) is 0 Å². The number of fused-ring (bicyclic) bond motifs is 1. The molecule has 0 unspecified atom stereocenters. The van der Waals surface area contributed by atoms with Crippen LogP contribution < -0.4 is 11.5 Å². The lowest BCUT2D eigenvalue weighted by Crippen LogP contribution is -2.21. The molecule has 0 bridgehead atoms. The average molecular weight is 404 g/mol. The van der Waals surface area contributed by atoms with Gasteiger partial charge < -0.3 is 11.5 Å². The number of benzene rings is 2. The van der Waals surface area contributed by atoms with Gasteiger partial charge in [0.1, 0.15) is 17.2 Å². The van der Waals surface area contributed by atoms with E-state index in [4.69, 9.17) is 11.5 Å². The average Bonchev–Trinajstić information content (AvgIpc) is 3.08. The lowest BCUT2D eigenvalue weighted by Gasteiger charge is -2.13. The van der Waals surface area contributed by atoms with Crippen molar-refractivity contribution in [3.8, 4) is 11.3 Å². The summed E-state index contributed by atoms with van der Waals surface area (Å²) in [6.45, 7) is 1.81. The van der Waals surface area contributed by atoms with E-state index in [0.717, 1.165) is 0 Å². The summed E-state index contributed by atoms with van der Waals surface area (Å²) in [5, 5.41) is 8.68. The molecular formula is C21H17FN6O2. The standard InChI is InChI=1S/C21H17FN6O2/c1-11-18(26-27-28(11)10-12-6-2-4-8-14(12)22)17-16(20(23)29)13-7-3-5-9-15(13)25-19(17)21(24)30/h2-9H,10H2,1H3,(H2,23,29)(H2,24,30). The fourth-order valence-corrected chi connectivity index (χ4v) is 3.41. The van der Waals surface area contributed by atoms with Gasteiger partial charge in [0.15, 0.2) is 0 Å². The molecule has 2 aromatic heterocycles. The Morgan fingerprint density at radius 2 is 1.73 bits per heavy atom. The van der Waals surface area contributed by atoms with Crippen LogP contribution in [0.1, 0.15) is 32.1 Å². The summed E-state index contributed by atoms with van der Waals surface area (Å²) >= 11 is 0. The van der Waals surface area contributed by atoms with Crippen molar-refractivity contribution < 1.29 is 14.0 Å². The minimum atomic E-state index is -0.832. The van der Waals surface area contributed by atoms with Crippen molar-refractivity contribution in [3.63, 3.8) is 0 Å². The molecule has 8 nitrogen and oxygen atoms in total. The molecule has 2 aromatic carbocycles. The number of aromatic nitrogens is 4. The number of carbonyl (C=O) groups is 2. The zero-order valence-electron chi connectivity index (χ0n) is 16.0. The van der Waals surface area contributed by atoms with Crippen LogP contribution >= 0.6 is 0 Å². The molecule has 30 heavy (non-hydrogen) atoms. The summed E-state index contributed by atoms with van der Waals surface area (Å²) in [5.41, 5.74) is 12.8. The van der Waals surface area contributed by atoms with Gasteiger partial charge in [-0.1, -0.05) is 41.6 Å². The van der Waals surface area contributed by atoms with Crippen LogP contribution in [0.2, 0.25) is 0 Å². The summed E-state index contributed by atoms with van der Waals surface area (Å²) in [6, 6.07) is 13.1. The molecule has 0 aliphatic carbocycles. The molecule has 4 aromatic rings. The van der Waals surface area contributed by atoms with Crippen molar-refractivity contribution in [2.24, 2.45) is 11.5 Å². The highest BCUT2D eigenvalue weighted by molar-refractivity contribution is 6.15. The van der Waals surface area contributed by atoms with Gasteiger partial charge in [-0.15, -0.1) is 5.10 Å². The lowest BCUT2D eigenvalue weighted by molar-refractivity contribution is 0.0996. The predicted octanol–water partition coefficient (Wildman–Crippen LogP) is 2.19. The van der Waals surface area contributed by atoms with E-state index in [1.807, 2.05) is 0 Å². The van der Waals surface area contributed by atoms with Crippen LogP contribution in [0.15, 0.2) is 48.5 Å². The van der Waals surface area contributed by atoms with Gasteiger partial charge in [0.05, 0.1) is 23.3 Å². The molecule has 0 saturated heterocycles. The van der Waals surface area contributed by atoms with Crippen LogP contribution in [0.5, 0.6) is 0 Å². The molecule has 0 fully saturated rings. The second-order valence-corrected chi connectivity index (χ2v) is 6.73. The predicted molar refractivity (Wildman–Crippen MR) is 108 cm³/mol. The molecule has 150 valence electrons. The number of primary amides is 2. The topological polar surface area (TPSA) is 130 Å². The zero-order valence-corrected chi connectivity index (χ0v) is 16.0. The molecular weight excluding hydrogens is 387 g/mol. The largest absolute Gasteiger partial charge is 0.366 e. The number of para-hydroxylation sites is 1. The van der Waals surface area contributed by atoms with Crippen LogP contribution in [0.4, 0.5) is 4.39 Å². The maximum Gasteiger partial charge on any atom is 0.268 e. The number of hydrogen-bond donors (Lipinski definition) is 2. The highest BCUT2D eigenvalue weighted by atomic mass is 19.1. The molecule has 4 N–H and O–H groups in total. The second kappa shape index (κ2) is 7.36. The summed E-state index contributed by atoms with van der Waals surface area (Å²) in [4.78, 5) is 28.9. The Labute approximate surface area is 170 Å². The number of halogens is 1. The van der Waals surface area contributed by atoms with Crippen molar-refractivity contribution in [3.05, 3.63) is 76.9 Å². The second-order valence-electron chi connectivity index (χ2n) is 6.73. The van der Waals surface area contributed by atoms with E-state index in [2.05, 4.69) is 15.3 Å². The van der Waals surface area contributed by atoms with Gasteiger partial charge in [0.2, 0.25) is 5.91 Å². The maximum atomic E-state index is 14.1. The minimum absolute atomic E-state index is 0.0791. The SMILES string of the molecule is Cc1c(-c2c(C(N)=O)nc3ccccc3c2C(N)=O)nnn1Cc1ccccc1F. The first kappa shape index (κ1) is 19.2. The number of pyridine rings is 1. The van der Waals surface area contributed by atoms with E-state index in [1.54, 1.807) is 49.4 Å². The molecule has 4 rings (SSSR count). The number of hydrogen-bond acceptors (Lipinski definition) is 5. The Hall–Kier alpha value is -4.14.